The predicted molar refractivity (Wildman–Crippen MR) is 95.1 cm³/mol. The molecule has 0 radical (unpaired) electrons. The minimum absolute atomic E-state index is 0.233. The minimum Gasteiger partial charge on any atom is -0.361 e. The number of anilines is 1. The van der Waals surface area contributed by atoms with Crippen LogP contribution in [0.3, 0.4) is 0 Å². The van der Waals surface area contributed by atoms with Crippen molar-refractivity contribution in [3.8, 4) is 0 Å². The third kappa shape index (κ3) is 3.14. The van der Waals surface area contributed by atoms with Gasteiger partial charge in [-0.15, -0.1) is 0 Å². The Kier molecular flexibility index (Phi) is 4.32. The van der Waals surface area contributed by atoms with Crippen molar-refractivity contribution in [2.45, 2.75) is 19.6 Å². The molecule has 0 saturated carbocycles. The molecule has 0 unspecified atom stereocenters. The highest BCUT2D eigenvalue weighted by Gasteiger charge is 2.22. The van der Waals surface area contributed by atoms with Crippen molar-refractivity contribution >= 4 is 26.6 Å². The number of fused-ring (bicyclic) bond motifs is 1. The number of aromatic nitrogens is 1. The maximum absolute atomic E-state index is 13.7. The Bertz CT molecular complexity index is 980. The molecule has 0 saturated heterocycles. The van der Waals surface area contributed by atoms with Gasteiger partial charge in [-0.3, -0.25) is 4.31 Å². The Labute approximate surface area is 141 Å². The van der Waals surface area contributed by atoms with E-state index in [2.05, 4.69) is 4.98 Å². The lowest BCUT2D eigenvalue weighted by Crippen LogP contribution is -2.31. The number of benzene rings is 2. The average molecular weight is 346 g/mol. The van der Waals surface area contributed by atoms with Crippen molar-refractivity contribution in [1.82, 2.24) is 4.98 Å². The standard InChI is InChI=1S/C18H19FN2O2S/c1-3-21(16-6-7-18-15(11-16)8-9-20-18)24(22,23)12-14-5-4-13(2)17(19)10-14/h4-11,20H,3,12H2,1-2H3. The normalized spacial score (nSPS) is 11.8. The fraction of sp³-hybridized carbons (Fsp3) is 0.222. The van der Waals surface area contributed by atoms with Gasteiger partial charge < -0.3 is 4.98 Å². The van der Waals surface area contributed by atoms with Gasteiger partial charge in [0.1, 0.15) is 5.82 Å². The quantitative estimate of drug-likeness (QED) is 0.760. The first-order valence-corrected chi connectivity index (χ1v) is 9.34. The SMILES string of the molecule is CCN(c1ccc2[nH]ccc2c1)S(=O)(=O)Cc1ccc(C)c(F)c1. The van der Waals surface area contributed by atoms with Crippen LogP contribution < -0.4 is 4.31 Å². The molecule has 0 aliphatic rings. The van der Waals surface area contributed by atoms with Gasteiger partial charge in [-0.05, 0) is 55.3 Å². The Morgan fingerprint density at radius 3 is 2.62 bits per heavy atom. The van der Waals surface area contributed by atoms with E-state index in [4.69, 9.17) is 0 Å². The van der Waals surface area contributed by atoms with Gasteiger partial charge in [0.25, 0.3) is 0 Å². The highest BCUT2D eigenvalue weighted by atomic mass is 32.2. The molecule has 0 amide bonds. The first kappa shape index (κ1) is 16.5. The largest absolute Gasteiger partial charge is 0.361 e. The molecule has 1 heterocycles. The summed E-state index contributed by atoms with van der Waals surface area (Å²) >= 11 is 0. The van der Waals surface area contributed by atoms with Crippen molar-refractivity contribution in [2.75, 3.05) is 10.8 Å². The van der Waals surface area contributed by atoms with E-state index >= 15 is 0 Å². The van der Waals surface area contributed by atoms with Crippen LogP contribution in [0.25, 0.3) is 10.9 Å². The summed E-state index contributed by atoms with van der Waals surface area (Å²) in [5.74, 6) is -0.622. The van der Waals surface area contributed by atoms with Gasteiger partial charge in [-0.25, -0.2) is 12.8 Å². The monoisotopic (exact) mass is 346 g/mol. The van der Waals surface area contributed by atoms with E-state index in [0.717, 1.165) is 10.9 Å². The fourth-order valence-electron chi connectivity index (χ4n) is 2.75. The second-order valence-corrected chi connectivity index (χ2v) is 7.65. The number of rotatable bonds is 5. The molecule has 0 aliphatic heterocycles. The van der Waals surface area contributed by atoms with E-state index in [1.54, 1.807) is 32.0 Å². The number of hydrogen-bond donors (Lipinski definition) is 1. The van der Waals surface area contributed by atoms with Gasteiger partial charge >= 0.3 is 0 Å². The smallest absolute Gasteiger partial charge is 0.239 e. The number of hydrogen-bond acceptors (Lipinski definition) is 2. The number of halogens is 1. The van der Waals surface area contributed by atoms with E-state index in [1.165, 1.54) is 10.4 Å². The highest BCUT2D eigenvalue weighted by molar-refractivity contribution is 7.92. The second kappa shape index (κ2) is 6.28. The van der Waals surface area contributed by atoms with Crippen LogP contribution in [0, 0.1) is 12.7 Å². The van der Waals surface area contributed by atoms with Crippen LogP contribution in [-0.4, -0.2) is 19.9 Å². The Balaban J connectivity index is 1.94. The molecule has 1 N–H and O–H groups in total. The van der Waals surface area contributed by atoms with Crippen molar-refractivity contribution in [3.05, 3.63) is 65.6 Å². The van der Waals surface area contributed by atoms with E-state index in [0.29, 0.717) is 23.4 Å². The molecule has 0 fully saturated rings. The van der Waals surface area contributed by atoms with E-state index < -0.39 is 10.0 Å². The van der Waals surface area contributed by atoms with E-state index in [1.807, 2.05) is 24.4 Å². The summed E-state index contributed by atoms with van der Waals surface area (Å²) in [5, 5.41) is 0.947. The van der Waals surface area contributed by atoms with Crippen molar-refractivity contribution in [2.24, 2.45) is 0 Å². The van der Waals surface area contributed by atoms with E-state index in [9.17, 15) is 12.8 Å². The van der Waals surface area contributed by atoms with Gasteiger partial charge in [-0.1, -0.05) is 12.1 Å². The Hall–Kier alpha value is -2.34. The summed E-state index contributed by atoms with van der Waals surface area (Å²) in [6, 6.07) is 11.9. The zero-order valence-corrected chi connectivity index (χ0v) is 14.4. The highest BCUT2D eigenvalue weighted by Crippen LogP contribution is 2.25. The molecule has 6 heteroatoms. The molecule has 126 valence electrons. The molecular weight excluding hydrogens is 327 g/mol. The zero-order valence-electron chi connectivity index (χ0n) is 13.6. The number of nitrogens with zero attached hydrogens (tertiary/aromatic N) is 1. The van der Waals surface area contributed by atoms with Crippen LogP contribution in [0.2, 0.25) is 0 Å². The van der Waals surface area contributed by atoms with Gasteiger partial charge in [0, 0.05) is 23.6 Å². The third-order valence-electron chi connectivity index (χ3n) is 4.03. The number of H-pyrrole nitrogens is 1. The number of sulfonamides is 1. The molecule has 0 bridgehead atoms. The lowest BCUT2D eigenvalue weighted by atomic mass is 10.2. The summed E-state index contributed by atoms with van der Waals surface area (Å²) in [6.45, 7) is 3.75. The molecule has 0 aliphatic carbocycles. The summed E-state index contributed by atoms with van der Waals surface area (Å²) in [4.78, 5) is 3.08. The number of aryl methyl sites for hydroxylation is 1. The minimum atomic E-state index is -3.60. The molecule has 0 atom stereocenters. The Morgan fingerprint density at radius 2 is 1.92 bits per heavy atom. The molecular formula is C18H19FN2O2S. The van der Waals surface area contributed by atoms with Crippen LogP contribution in [0.1, 0.15) is 18.1 Å². The molecule has 0 spiro atoms. The predicted octanol–water partition coefficient (Wildman–Crippen LogP) is 3.97. The van der Waals surface area contributed by atoms with Gasteiger partial charge in [0.15, 0.2) is 0 Å². The lowest BCUT2D eigenvalue weighted by molar-refractivity contribution is 0.590. The van der Waals surface area contributed by atoms with Crippen LogP contribution in [0.4, 0.5) is 10.1 Å². The van der Waals surface area contributed by atoms with Crippen LogP contribution >= 0.6 is 0 Å². The molecule has 24 heavy (non-hydrogen) atoms. The van der Waals surface area contributed by atoms with Crippen LogP contribution in [-0.2, 0) is 15.8 Å². The van der Waals surface area contributed by atoms with E-state index in [-0.39, 0.29) is 11.6 Å². The lowest BCUT2D eigenvalue weighted by Gasteiger charge is -2.23. The summed E-state index contributed by atoms with van der Waals surface area (Å²) in [7, 11) is -3.60. The summed E-state index contributed by atoms with van der Waals surface area (Å²) < 4.78 is 40.6. The van der Waals surface area contributed by atoms with Gasteiger partial charge in [0.2, 0.25) is 10.0 Å². The van der Waals surface area contributed by atoms with Crippen molar-refractivity contribution in [3.63, 3.8) is 0 Å². The number of nitrogens with one attached hydrogen (secondary N) is 1. The van der Waals surface area contributed by atoms with Crippen molar-refractivity contribution < 1.29 is 12.8 Å². The molecule has 2 aromatic carbocycles. The summed E-state index contributed by atoms with van der Waals surface area (Å²) in [6.07, 6.45) is 1.81. The maximum atomic E-state index is 13.7. The topological polar surface area (TPSA) is 53.2 Å². The molecule has 3 rings (SSSR count). The average Bonchev–Trinajstić information content (AvgIpc) is 2.99. The van der Waals surface area contributed by atoms with Crippen LogP contribution in [0.15, 0.2) is 48.7 Å². The molecule has 4 nitrogen and oxygen atoms in total. The van der Waals surface area contributed by atoms with Crippen molar-refractivity contribution in [1.29, 1.82) is 0 Å². The molecule has 1 aromatic heterocycles. The Morgan fingerprint density at radius 1 is 1.12 bits per heavy atom. The first-order valence-electron chi connectivity index (χ1n) is 7.73. The molecule has 3 aromatic rings. The first-order chi connectivity index (χ1) is 11.4. The zero-order chi connectivity index (χ0) is 17.3. The maximum Gasteiger partial charge on any atom is 0.239 e. The number of aromatic amines is 1. The second-order valence-electron chi connectivity index (χ2n) is 5.75. The van der Waals surface area contributed by atoms with Crippen LogP contribution in [0.5, 0.6) is 0 Å². The third-order valence-corrected chi connectivity index (χ3v) is 5.87. The summed E-state index contributed by atoms with van der Waals surface area (Å²) in [5.41, 5.74) is 2.51. The van der Waals surface area contributed by atoms with Gasteiger partial charge in [0.05, 0.1) is 11.4 Å². The fourth-order valence-corrected chi connectivity index (χ4v) is 4.34. The van der Waals surface area contributed by atoms with Gasteiger partial charge in [-0.2, -0.15) is 0 Å².